The summed E-state index contributed by atoms with van der Waals surface area (Å²) >= 11 is 0. The number of carbonyl (C=O) groups excluding carboxylic acids is 1. The van der Waals surface area contributed by atoms with E-state index in [9.17, 15) is 9.59 Å². The van der Waals surface area contributed by atoms with Crippen LogP contribution in [0.4, 0.5) is 4.79 Å². The second kappa shape index (κ2) is 6.79. The average molecular weight is 270 g/mol. The minimum absolute atomic E-state index is 0.0591. The summed E-state index contributed by atoms with van der Waals surface area (Å²) in [6.07, 6.45) is 0. The lowest BCUT2D eigenvalue weighted by molar-refractivity contribution is 0.0660. The summed E-state index contributed by atoms with van der Waals surface area (Å²) in [4.78, 5) is 23.9. The normalized spacial score (nSPS) is 11.9. The van der Waals surface area contributed by atoms with Crippen LogP contribution in [0.3, 0.4) is 0 Å². The van der Waals surface area contributed by atoms with Crippen LogP contribution in [0, 0.1) is 0 Å². The zero-order valence-corrected chi connectivity index (χ0v) is 11.2. The molecule has 0 bridgehead atoms. The number of methoxy groups -OCH3 is 1. The Labute approximate surface area is 111 Å². The maximum absolute atomic E-state index is 11.8. The molecule has 7 nitrogen and oxygen atoms in total. The molecule has 0 aliphatic heterocycles. The van der Waals surface area contributed by atoms with E-state index in [4.69, 9.17) is 14.3 Å². The van der Waals surface area contributed by atoms with Crippen LogP contribution < -0.4 is 5.32 Å². The number of nitrogens with zero attached hydrogens (tertiary/aromatic N) is 1. The van der Waals surface area contributed by atoms with Gasteiger partial charge >= 0.3 is 12.0 Å². The number of carboxylic acids is 1. The highest BCUT2D eigenvalue weighted by Crippen LogP contribution is 2.07. The molecule has 0 spiro atoms. The molecule has 0 radical (unpaired) electrons. The van der Waals surface area contributed by atoms with Gasteiger partial charge in [0.2, 0.25) is 5.76 Å². The molecule has 0 aliphatic rings. The molecule has 0 saturated carbocycles. The molecule has 2 amide bonds. The van der Waals surface area contributed by atoms with Crippen LogP contribution in [-0.2, 0) is 11.3 Å². The second-order valence-electron chi connectivity index (χ2n) is 4.15. The molecule has 1 heterocycles. The molecule has 2 N–H and O–H groups in total. The minimum Gasteiger partial charge on any atom is -0.475 e. The Balaban J connectivity index is 2.47. The Morgan fingerprint density at radius 1 is 1.53 bits per heavy atom. The first-order valence-electron chi connectivity index (χ1n) is 5.77. The van der Waals surface area contributed by atoms with Gasteiger partial charge in [0.15, 0.2) is 0 Å². The highest BCUT2D eigenvalue weighted by molar-refractivity contribution is 5.84. The van der Waals surface area contributed by atoms with Crippen molar-refractivity contribution in [3.8, 4) is 0 Å². The monoisotopic (exact) mass is 270 g/mol. The third kappa shape index (κ3) is 4.29. The van der Waals surface area contributed by atoms with E-state index in [1.54, 1.807) is 14.2 Å². The Kier molecular flexibility index (Phi) is 5.37. The van der Waals surface area contributed by atoms with Gasteiger partial charge in [0.25, 0.3) is 0 Å². The van der Waals surface area contributed by atoms with Gasteiger partial charge in [0.05, 0.1) is 19.2 Å². The number of hydrogen-bond acceptors (Lipinski definition) is 4. The van der Waals surface area contributed by atoms with Crippen molar-refractivity contribution < 1.29 is 23.8 Å². The molecule has 106 valence electrons. The third-order valence-corrected chi connectivity index (χ3v) is 2.68. The van der Waals surface area contributed by atoms with Crippen molar-refractivity contribution in [2.75, 3.05) is 20.8 Å². The van der Waals surface area contributed by atoms with E-state index in [1.807, 2.05) is 6.92 Å². The van der Waals surface area contributed by atoms with E-state index in [0.717, 1.165) is 0 Å². The lowest BCUT2D eigenvalue weighted by Crippen LogP contribution is -2.43. The number of nitrogens with one attached hydrogen (secondary N) is 1. The average Bonchev–Trinajstić information content (AvgIpc) is 2.84. The molecular weight excluding hydrogens is 252 g/mol. The lowest BCUT2D eigenvalue weighted by atomic mass is 10.3. The van der Waals surface area contributed by atoms with E-state index in [0.29, 0.717) is 12.4 Å². The predicted octanol–water partition coefficient (Wildman–Crippen LogP) is 1.15. The molecule has 0 aromatic carbocycles. The van der Waals surface area contributed by atoms with Gasteiger partial charge in [-0.25, -0.2) is 9.59 Å². The summed E-state index contributed by atoms with van der Waals surface area (Å²) in [7, 11) is 3.22. The molecule has 0 saturated heterocycles. The summed E-state index contributed by atoms with van der Waals surface area (Å²) < 4.78 is 9.99. The number of urea groups is 1. The van der Waals surface area contributed by atoms with E-state index in [2.05, 4.69) is 5.32 Å². The molecule has 0 aliphatic carbocycles. The standard InChI is InChI=1S/C12H18N2O5/c1-8(7-18-3)14(2)12(17)13-6-9-4-5-10(19-9)11(15)16/h4-5,8H,6-7H2,1-3H3,(H,13,17)(H,15,16). The van der Waals surface area contributed by atoms with Gasteiger partial charge in [-0.2, -0.15) is 0 Å². The SMILES string of the molecule is COCC(C)N(C)C(=O)NCc1ccc(C(=O)O)o1. The van der Waals surface area contributed by atoms with Crippen molar-refractivity contribution in [3.05, 3.63) is 23.7 Å². The molecule has 19 heavy (non-hydrogen) atoms. The van der Waals surface area contributed by atoms with Crippen LogP contribution in [0.2, 0.25) is 0 Å². The number of ether oxygens (including phenoxy) is 1. The number of amides is 2. The molecule has 1 aromatic heterocycles. The Hall–Kier alpha value is -2.02. The van der Waals surface area contributed by atoms with Crippen LogP contribution in [0.25, 0.3) is 0 Å². The lowest BCUT2D eigenvalue weighted by Gasteiger charge is -2.24. The highest BCUT2D eigenvalue weighted by Gasteiger charge is 2.16. The van der Waals surface area contributed by atoms with E-state index >= 15 is 0 Å². The first-order chi connectivity index (χ1) is 8.95. The number of likely N-dealkylation sites (N-methyl/N-ethyl adjacent to an activating group) is 1. The van der Waals surface area contributed by atoms with Gasteiger partial charge in [0, 0.05) is 14.2 Å². The van der Waals surface area contributed by atoms with E-state index < -0.39 is 5.97 Å². The first-order valence-corrected chi connectivity index (χ1v) is 5.77. The maximum Gasteiger partial charge on any atom is 0.371 e. The van der Waals surface area contributed by atoms with Crippen LogP contribution in [0.5, 0.6) is 0 Å². The van der Waals surface area contributed by atoms with Gasteiger partial charge in [-0.15, -0.1) is 0 Å². The topological polar surface area (TPSA) is 92.0 Å². The van der Waals surface area contributed by atoms with Gasteiger partial charge in [-0.1, -0.05) is 0 Å². The van der Waals surface area contributed by atoms with Gasteiger partial charge < -0.3 is 24.5 Å². The summed E-state index contributed by atoms with van der Waals surface area (Å²) in [5, 5.41) is 11.3. The van der Waals surface area contributed by atoms with Crippen LogP contribution in [0.15, 0.2) is 16.5 Å². The first kappa shape index (κ1) is 15.0. The van der Waals surface area contributed by atoms with Crippen LogP contribution in [0.1, 0.15) is 23.2 Å². The van der Waals surface area contributed by atoms with Crippen LogP contribution in [-0.4, -0.2) is 48.8 Å². The van der Waals surface area contributed by atoms with E-state index in [1.165, 1.54) is 17.0 Å². The molecular formula is C12H18N2O5. The van der Waals surface area contributed by atoms with Crippen LogP contribution >= 0.6 is 0 Å². The quantitative estimate of drug-likeness (QED) is 0.809. The predicted molar refractivity (Wildman–Crippen MR) is 67.0 cm³/mol. The molecule has 1 atom stereocenters. The Morgan fingerprint density at radius 3 is 2.74 bits per heavy atom. The number of furan rings is 1. The third-order valence-electron chi connectivity index (χ3n) is 2.68. The highest BCUT2D eigenvalue weighted by atomic mass is 16.5. The number of carboxylic acid groups (broad SMARTS) is 1. The minimum atomic E-state index is -1.14. The fourth-order valence-electron chi connectivity index (χ4n) is 1.43. The number of rotatable bonds is 6. The maximum atomic E-state index is 11.8. The smallest absolute Gasteiger partial charge is 0.371 e. The fourth-order valence-corrected chi connectivity index (χ4v) is 1.43. The molecule has 1 rings (SSSR count). The number of aromatic carboxylic acids is 1. The van der Waals surface area contributed by atoms with Crippen molar-refractivity contribution in [3.63, 3.8) is 0 Å². The van der Waals surface area contributed by atoms with Crippen molar-refractivity contribution in [2.45, 2.75) is 19.5 Å². The molecule has 7 heteroatoms. The van der Waals surface area contributed by atoms with Crippen molar-refractivity contribution in [1.29, 1.82) is 0 Å². The zero-order chi connectivity index (χ0) is 14.4. The summed E-state index contributed by atoms with van der Waals surface area (Å²) in [6.45, 7) is 2.43. The van der Waals surface area contributed by atoms with Gasteiger partial charge in [-0.05, 0) is 19.1 Å². The Morgan fingerprint density at radius 2 is 2.21 bits per heavy atom. The summed E-state index contributed by atoms with van der Waals surface area (Å²) in [5.41, 5.74) is 0. The molecule has 1 unspecified atom stereocenters. The Bertz CT molecular complexity index is 443. The summed E-state index contributed by atoms with van der Waals surface area (Å²) in [5.74, 6) is -0.896. The molecule has 1 aromatic rings. The number of hydrogen-bond donors (Lipinski definition) is 2. The van der Waals surface area contributed by atoms with Gasteiger partial charge in [-0.3, -0.25) is 0 Å². The second-order valence-corrected chi connectivity index (χ2v) is 4.15. The van der Waals surface area contributed by atoms with Crippen molar-refractivity contribution in [2.24, 2.45) is 0 Å². The zero-order valence-electron chi connectivity index (χ0n) is 11.2. The summed E-state index contributed by atoms with van der Waals surface area (Å²) in [6, 6.07) is 2.53. The fraction of sp³-hybridized carbons (Fsp3) is 0.500. The molecule has 0 fully saturated rings. The van der Waals surface area contributed by atoms with Crippen molar-refractivity contribution in [1.82, 2.24) is 10.2 Å². The van der Waals surface area contributed by atoms with Crippen molar-refractivity contribution >= 4 is 12.0 Å². The van der Waals surface area contributed by atoms with Gasteiger partial charge in [0.1, 0.15) is 5.76 Å². The number of carbonyl (C=O) groups is 2. The largest absolute Gasteiger partial charge is 0.475 e. The van der Waals surface area contributed by atoms with E-state index in [-0.39, 0.29) is 24.4 Å².